The van der Waals surface area contributed by atoms with Gasteiger partial charge in [-0.3, -0.25) is 4.79 Å². The predicted octanol–water partition coefficient (Wildman–Crippen LogP) is 2.82. The first-order chi connectivity index (χ1) is 12.1. The SMILES string of the molecule is C[C@@H](OC(=O)c1cc(Cl)cc(Cl)c1)C(=O)Nc1ccc(S(N)(=O)=O)cc1. The molecule has 2 aromatic carbocycles. The van der Waals surface area contributed by atoms with Crippen LogP contribution in [-0.4, -0.2) is 26.4 Å². The molecule has 2 aromatic rings. The van der Waals surface area contributed by atoms with Crippen LogP contribution in [0.15, 0.2) is 47.4 Å². The van der Waals surface area contributed by atoms with Crippen molar-refractivity contribution >= 4 is 50.8 Å². The van der Waals surface area contributed by atoms with Crippen LogP contribution in [-0.2, 0) is 19.6 Å². The Kier molecular flexibility index (Phi) is 6.25. The molecule has 0 aliphatic carbocycles. The highest BCUT2D eigenvalue weighted by Gasteiger charge is 2.20. The van der Waals surface area contributed by atoms with Gasteiger partial charge in [0.15, 0.2) is 6.10 Å². The molecule has 0 unspecified atom stereocenters. The Balaban J connectivity index is 2.02. The molecule has 138 valence electrons. The van der Waals surface area contributed by atoms with E-state index in [2.05, 4.69) is 5.32 Å². The van der Waals surface area contributed by atoms with Crippen LogP contribution in [0.1, 0.15) is 17.3 Å². The quantitative estimate of drug-likeness (QED) is 0.726. The number of nitrogens with one attached hydrogen (secondary N) is 1. The van der Waals surface area contributed by atoms with E-state index in [1.165, 1.54) is 49.4 Å². The molecule has 10 heteroatoms. The summed E-state index contributed by atoms with van der Waals surface area (Å²) in [5.41, 5.74) is 0.427. The van der Waals surface area contributed by atoms with Gasteiger partial charge in [-0.15, -0.1) is 0 Å². The topological polar surface area (TPSA) is 116 Å². The second kappa shape index (κ2) is 8.05. The average Bonchev–Trinajstić information content (AvgIpc) is 2.53. The van der Waals surface area contributed by atoms with E-state index in [0.29, 0.717) is 5.69 Å². The van der Waals surface area contributed by atoms with Crippen LogP contribution < -0.4 is 10.5 Å². The lowest BCUT2D eigenvalue weighted by Crippen LogP contribution is -2.30. The Morgan fingerprint density at radius 3 is 2.12 bits per heavy atom. The molecule has 0 radical (unpaired) electrons. The summed E-state index contributed by atoms with van der Waals surface area (Å²) in [6, 6.07) is 9.41. The summed E-state index contributed by atoms with van der Waals surface area (Å²) in [5, 5.41) is 8.01. The van der Waals surface area contributed by atoms with Crippen molar-refractivity contribution in [1.82, 2.24) is 0 Å². The molecule has 26 heavy (non-hydrogen) atoms. The molecule has 0 saturated heterocycles. The summed E-state index contributed by atoms with van der Waals surface area (Å²) in [5.74, 6) is -1.36. The fourth-order valence-corrected chi connectivity index (χ4v) is 2.97. The van der Waals surface area contributed by atoms with Gasteiger partial charge in [-0.2, -0.15) is 0 Å². The first-order valence-electron chi connectivity index (χ1n) is 7.17. The molecule has 0 aromatic heterocycles. The maximum Gasteiger partial charge on any atom is 0.339 e. The van der Waals surface area contributed by atoms with Gasteiger partial charge in [0.2, 0.25) is 10.0 Å². The lowest BCUT2D eigenvalue weighted by molar-refractivity contribution is -0.123. The van der Waals surface area contributed by atoms with E-state index in [4.69, 9.17) is 33.1 Å². The van der Waals surface area contributed by atoms with Crippen LogP contribution in [0.2, 0.25) is 10.0 Å². The van der Waals surface area contributed by atoms with Gasteiger partial charge in [0.25, 0.3) is 5.91 Å². The van der Waals surface area contributed by atoms with Crippen molar-refractivity contribution in [3.05, 3.63) is 58.1 Å². The van der Waals surface area contributed by atoms with Crippen LogP contribution in [0.4, 0.5) is 5.69 Å². The number of carbonyl (C=O) groups excluding carboxylic acids is 2. The maximum atomic E-state index is 12.1. The Labute approximate surface area is 160 Å². The molecular weight excluding hydrogens is 403 g/mol. The third-order valence-electron chi connectivity index (χ3n) is 3.20. The summed E-state index contributed by atoms with van der Waals surface area (Å²) < 4.78 is 27.5. The number of benzene rings is 2. The number of esters is 1. The van der Waals surface area contributed by atoms with E-state index in [9.17, 15) is 18.0 Å². The number of hydrogen-bond acceptors (Lipinski definition) is 5. The highest BCUT2D eigenvalue weighted by Crippen LogP contribution is 2.20. The van der Waals surface area contributed by atoms with E-state index in [0.717, 1.165) is 0 Å². The first-order valence-corrected chi connectivity index (χ1v) is 9.47. The minimum absolute atomic E-state index is 0.0900. The summed E-state index contributed by atoms with van der Waals surface area (Å²) in [7, 11) is -3.82. The number of carbonyl (C=O) groups is 2. The smallest absolute Gasteiger partial charge is 0.339 e. The van der Waals surface area contributed by atoms with E-state index in [1.807, 2.05) is 0 Å². The minimum atomic E-state index is -3.82. The van der Waals surface area contributed by atoms with Crippen molar-refractivity contribution in [3.63, 3.8) is 0 Å². The normalized spacial score (nSPS) is 12.3. The van der Waals surface area contributed by atoms with Gasteiger partial charge in [0.05, 0.1) is 10.5 Å². The zero-order chi connectivity index (χ0) is 19.5. The molecule has 0 bridgehead atoms. The third-order valence-corrected chi connectivity index (χ3v) is 4.57. The van der Waals surface area contributed by atoms with E-state index < -0.39 is 28.0 Å². The van der Waals surface area contributed by atoms with Crippen molar-refractivity contribution in [2.24, 2.45) is 5.14 Å². The van der Waals surface area contributed by atoms with Crippen LogP contribution in [0.25, 0.3) is 0 Å². The largest absolute Gasteiger partial charge is 0.449 e. The highest BCUT2D eigenvalue weighted by molar-refractivity contribution is 7.89. The summed E-state index contributed by atoms with van der Waals surface area (Å²) in [4.78, 5) is 24.1. The molecule has 2 rings (SSSR count). The molecule has 0 spiro atoms. The standard InChI is InChI=1S/C16H14Cl2N2O5S/c1-9(25-16(22)10-6-11(17)8-12(18)7-10)15(21)20-13-2-4-14(5-3-13)26(19,23)24/h2-9H,1H3,(H,20,21)(H2,19,23,24)/t9-/m1/s1. The lowest BCUT2D eigenvalue weighted by atomic mass is 10.2. The maximum absolute atomic E-state index is 12.1. The number of nitrogens with two attached hydrogens (primary N) is 1. The third kappa shape index (κ3) is 5.43. The van der Waals surface area contributed by atoms with Crippen LogP contribution in [0, 0.1) is 0 Å². The molecule has 0 aliphatic heterocycles. The molecule has 1 amide bonds. The zero-order valence-corrected chi connectivity index (χ0v) is 15.7. The average molecular weight is 417 g/mol. The van der Waals surface area contributed by atoms with E-state index >= 15 is 0 Å². The molecule has 0 aliphatic rings. The van der Waals surface area contributed by atoms with Crippen molar-refractivity contribution < 1.29 is 22.7 Å². The monoisotopic (exact) mass is 416 g/mol. The van der Waals surface area contributed by atoms with E-state index in [-0.39, 0.29) is 20.5 Å². The fourth-order valence-electron chi connectivity index (χ4n) is 1.93. The molecule has 1 atom stereocenters. The summed E-state index contributed by atoms with van der Waals surface area (Å²) >= 11 is 11.6. The van der Waals surface area contributed by atoms with Crippen molar-refractivity contribution in [3.8, 4) is 0 Å². The number of sulfonamides is 1. The van der Waals surface area contributed by atoms with E-state index in [1.54, 1.807) is 0 Å². The van der Waals surface area contributed by atoms with Gasteiger partial charge in [-0.05, 0) is 49.4 Å². The second-order valence-corrected chi connectivity index (χ2v) is 7.70. The molecule has 0 saturated carbocycles. The second-order valence-electron chi connectivity index (χ2n) is 5.26. The number of rotatable bonds is 5. The lowest BCUT2D eigenvalue weighted by Gasteiger charge is -2.14. The van der Waals surface area contributed by atoms with Gasteiger partial charge >= 0.3 is 5.97 Å². The van der Waals surface area contributed by atoms with Crippen molar-refractivity contribution in [2.75, 3.05) is 5.32 Å². The number of amides is 1. The van der Waals surface area contributed by atoms with Crippen molar-refractivity contribution in [2.45, 2.75) is 17.9 Å². The zero-order valence-electron chi connectivity index (χ0n) is 13.4. The Hall–Kier alpha value is -2.13. The van der Waals surface area contributed by atoms with Gasteiger partial charge < -0.3 is 10.1 Å². The van der Waals surface area contributed by atoms with Gasteiger partial charge in [0, 0.05) is 15.7 Å². The van der Waals surface area contributed by atoms with Gasteiger partial charge in [0.1, 0.15) is 0 Å². The van der Waals surface area contributed by atoms with Crippen molar-refractivity contribution in [1.29, 1.82) is 0 Å². The minimum Gasteiger partial charge on any atom is -0.449 e. The first kappa shape index (κ1) is 20.2. The molecule has 7 nitrogen and oxygen atoms in total. The molecule has 0 fully saturated rings. The molecule has 3 N–H and O–H groups in total. The number of ether oxygens (including phenoxy) is 1. The highest BCUT2D eigenvalue weighted by atomic mass is 35.5. The number of hydrogen-bond donors (Lipinski definition) is 2. The molecule has 0 heterocycles. The Morgan fingerprint density at radius 1 is 1.08 bits per heavy atom. The molecular formula is C16H14Cl2N2O5S. The number of primary sulfonamides is 1. The summed E-state index contributed by atoms with van der Waals surface area (Å²) in [6.07, 6.45) is -1.11. The Bertz CT molecular complexity index is 925. The number of halogens is 2. The van der Waals surface area contributed by atoms with Gasteiger partial charge in [-0.25, -0.2) is 18.4 Å². The fraction of sp³-hybridized carbons (Fsp3) is 0.125. The van der Waals surface area contributed by atoms with Crippen LogP contribution in [0.3, 0.4) is 0 Å². The summed E-state index contributed by atoms with van der Waals surface area (Å²) in [6.45, 7) is 1.39. The predicted molar refractivity (Wildman–Crippen MR) is 97.8 cm³/mol. The van der Waals surface area contributed by atoms with Gasteiger partial charge in [-0.1, -0.05) is 23.2 Å². The van der Waals surface area contributed by atoms with Crippen LogP contribution >= 0.6 is 23.2 Å². The number of anilines is 1. The van der Waals surface area contributed by atoms with Crippen LogP contribution in [0.5, 0.6) is 0 Å². The Morgan fingerprint density at radius 2 is 1.62 bits per heavy atom.